The van der Waals surface area contributed by atoms with Crippen molar-refractivity contribution in [1.82, 2.24) is 10.3 Å². The van der Waals surface area contributed by atoms with Gasteiger partial charge in [0.1, 0.15) is 0 Å². The number of aromatic nitrogens is 1. The number of methoxy groups -OCH3 is 1. The van der Waals surface area contributed by atoms with Crippen LogP contribution >= 0.6 is 0 Å². The molecule has 4 nitrogen and oxygen atoms in total. The van der Waals surface area contributed by atoms with Crippen LogP contribution in [-0.4, -0.2) is 31.2 Å². The van der Waals surface area contributed by atoms with E-state index in [1.54, 1.807) is 0 Å². The lowest BCUT2D eigenvalue weighted by Gasteiger charge is -2.20. The van der Waals surface area contributed by atoms with Gasteiger partial charge >= 0.3 is 5.97 Å². The number of carbonyl (C=O) groups is 1. The van der Waals surface area contributed by atoms with E-state index in [1.165, 1.54) is 7.11 Å². The van der Waals surface area contributed by atoms with Gasteiger partial charge in [0.25, 0.3) is 0 Å². The van der Waals surface area contributed by atoms with Gasteiger partial charge in [-0.3, -0.25) is 4.79 Å². The van der Waals surface area contributed by atoms with Crippen molar-refractivity contribution in [2.45, 2.75) is 12.3 Å². The molecule has 1 aromatic carbocycles. The van der Waals surface area contributed by atoms with Crippen molar-refractivity contribution in [3.8, 4) is 0 Å². The number of H-pyrrole nitrogens is 1. The van der Waals surface area contributed by atoms with Crippen LogP contribution in [-0.2, 0) is 9.53 Å². The van der Waals surface area contributed by atoms with Gasteiger partial charge in [-0.1, -0.05) is 18.2 Å². The molecule has 1 saturated heterocycles. The first-order valence-corrected chi connectivity index (χ1v) is 6.66. The first-order valence-electron chi connectivity index (χ1n) is 6.66. The minimum absolute atomic E-state index is 0.140. The number of carbonyl (C=O) groups excluding carboxylic acids is 1. The topological polar surface area (TPSA) is 54.1 Å². The Labute approximate surface area is 112 Å². The monoisotopic (exact) mass is 258 g/mol. The highest BCUT2D eigenvalue weighted by Gasteiger charge is 2.34. The second-order valence-electron chi connectivity index (χ2n) is 5.04. The smallest absolute Gasteiger partial charge is 0.313 e. The van der Waals surface area contributed by atoms with Crippen molar-refractivity contribution in [2.75, 3.05) is 20.2 Å². The number of hydrogen-bond donors (Lipinski definition) is 2. The van der Waals surface area contributed by atoms with E-state index in [9.17, 15) is 4.79 Å². The van der Waals surface area contributed by atoms with E-state index in [1.807, 2.05) is 24.4 Å². The number of esters is 1. The molecule has 0 spiro atoms. The van der Waals surface area contributed by atoms with Crippen LogP contribution in [0.3, 0.4) is 0 Å². The van der Waals surface area contributed by atoms with E-state index in [0.717, 1.165) is 36.0 Å². The molecule has 2 atom stereocenters. The molecule has 0 bridgehead atoms. The van der Waals surface area contributed by atoms with Crippen LogP contribution in [0.5, 0.6) is 0 Å². The lowest BCUT2D eigenvalue weighted by molar-refractivity contribution is -0.143. The van der Waals surface area contributed by atoms with E-state index in [4.69, 9.17) is 4.74 Å². The van der Waals surface area contributed by atoms with E-state index >= 15 is 0 Å². The standard InChI is InChI=1S/C15H18N2O2/c1-19-15(18)14(10-6-7-16-8-10)12-9-17-13-5-3-2-4-11(12)13/h2-5,9-10,14,16-17H,6-8H2,1H3. The number of rotatable bonds is 3. The number of aromatic amines is 1. The summed E-state index contributed by atoms with van der Waals surface area (Å²) < 4.78 is 5.02. The molecular weight excluding hydrogens is 240 g/mol. The van der Waals surface area contributed by atoms with E-state index in [-0.39, 0.29) is 11.9 Å². The van der Waals surface area contributed by atoms with Gasteiger partial charge in [0.2, 0.25) is 0 Å². The van der Waals surface area contributed by atoms with Crippen LogP contribution in [0.1, 0.15) is 17.9 Å². The summed E-state index contributed by atoms with van der Waals surface area (Å²) >= 11 is 0. The number of ether oxygens (including phenoxy) is 1. The Morgan fingerprint density at radius 3 is 3.00 bits per heavy atom. The molecule has 1 aliphatic rings. The van der Waals surface area contributed by atoms with Gasteiger partial charge in [0.05, 0.1) is 13.0 Å². The Bertz CT molecular complexity index is 585. The zero-order chi connectivity index (χ0) is 13.2. The van der Waals surface area contributed by atoms with Gasteiger partial charge in [-0.25, -0.2) is 0 Å². The largest absolute Gasteiger partial charge is 0.469 e. The van der Waals surface area contributed by atoms with E-state index in [2.05, 4.69) is 16.4 Å². The van der Waals surface area contributed by atoms with Crippen molar-refractivity contribution in [3.05, 3.63) is 36.0 Å². The Morgan fingerprint density at radius 2 is 2.26 bits per heavy atom. The predicted octanol–water partition coefficient (Wildman–Crippen LogP) is 2.03. The van der Waals surface area contributed by atoms with Crippen molar-refractivity contribution in [1.29, 1.82) is 0 Å². The van der Waals surface area contributed by atoms with Gasteiger partial charge in [0.15, 0.2) is 0 Å². The maximum atomic E-state index is 12.2. The highest BCUT2D eigenvalue weighted by molar-refractivity contribution is 5.90. The Kier molecular flexibility index (Phi) is 3.25. The summed E-state index contributed by atoms with van der Waals surface area (Å²) in [6.07, 6.45) is 2.96. The van der Waals surface area contributed by atoms with Crippen LogP contribution in [0, 0.1) is 5.92 Å². The number of benzene rings is 1. The van der Waals surface area contributed by atoms with Crippen molar-refractivity contribution in [3.63, 3.8) is 0 Å². The number of fused-ring (bicyclic) bond motifs is 1. The van der Waals surface area contributed by atoms with Gasteiger partial charge in [-0.15, -0.1) is 0 Å². The Hall–Kier alpha value is -1.81. The Morgan fingerprint density at radius 1 is 1.42 bits per heavy atom. The predicted molar refractivity (Wildman–Crippen MR) is 74.0 cm³/mol. The van der Waals surface area contributed by atoms with E-state index < -0.39 is 0 Å². The lowest BCUT2D eigenvalue weighted by atomic mass is 9.85. The van der Waals surface area contributed by atoms with Crippen molar-refractivity contribution < 1.29 is 9.53 Å². The number of nitrogens with one attached hydrogen (secondary N) is 2. The second kappa shape index (κ2) is 5.05. The molecule has 0 aliphatic carbocycles. The van der Waals surface area contributed by atoms with Gasteiger partial charge < -0.3 is 15.0 Å². The average Bonchev–Trinajstić information content (AvgIpc) is 3.09. The molecule has 2 aromatic rings. The SMILES string of the molecule is COC(=O)C(c1c[nH]c2ccccc12)C1CCNC1. The third-order valence-electron chi connectivity index (χ3n) is 3.98. The van der Waals surface area contributed by atoms with Gasteiger partial charge in [0, 0.05) is 17.1 Å². The summed E-state index contributed by atoms with van der Waals surface area (Å²) in [7, 11) is 1.46. The average molecular weight is 258 g/mol. The quantitative estimate of drug-likeness (QED) is 0.828. The zero-order valence-electron chi connectivity index (χ0n) is 11.0. The normalized spacial score (nSPS) is 20.6. The van der Waals surface area contributed by atoms with Crippen LogP contribution in [0.25, 0.3) is 10.9 Å². The van der Waals surface area contributed by atoms with Crippen molar-refractivity contribution in [2.24, 2.45) is 5.92 Å². The lowest BCUT2D eigenvalue weighted by Crippen LogP contribution is -2.24. The summed E-state index contributed by atoms with van der Waals surface area (Å²) in [6, 6.07) is 8.08. The first kappa shape index (κ1) is 12.2. The first-order chi connectivity index (χ1) is 9.31. The minimum atomic E-state index is -0.184. The fourth-order valence-electron chi connectivity index (χ4n) is 3.01. The van der Waals surface area contributed by atoms with Crippen LogP contribution in [0.15, 0.2) is 30.5 Å². The second-order valence-corrected chi connectivity index (χ2v) is 5.04. The molecule has 2 heterocycles. The molecule has 0 amide bonds. The van der Waals surface area contributed by atoms with Crippen LogP contribution < -0.4 is 5.32 Å². The summed E-state index contributed by atoms with van der Waals surface area (Å²) in [5, 5.41) is 4.44. The number of para-hydroxylation sites is 1. The molecule has 1 aliphatic heterocycles. The molecule has 2 N–H and O–H groups in total. The molecule has 1 aromatic heterocycles. The third kappa shape index (κ3) is 2.12. The molecule has 0 saturated carbocycles. The number of hydrogen-bond acceptors (Lipinski definition) is 3. The van der Waals surface area contributed by atoms with Crippen LogP contribution in [0.4, 0.5) is 0 Å². The minimum Gasteiger partial charge on any atom is -0.469 e. The fourth-order valence-corrected chi connectivity index (χ4v) is 3.01. The molecule has 19 heavy (non-hydrogen) atoms. The molecule has 0 radical (unpaired) electrons. The molecule has 100 valence electrons. The third-order valence-corrected chi connectivity index (χ3v) is 3.98. The molecule has 1 fully saturated rings. The van der Waals surface area contributed by atoms with Crippen LogP contribution in [0.2, 0.25) is 0 Å². The van der Waals surface area contributed by atoms with Crippen molar-refractivity contribution >= 4 is 16.9 Å². The Balaban J connectivity index is 2.05. The van der Waals surface area contributed by atoms with Gasteiger partial charge in [-0.2, -0.15) is 0 Å². The zero-order valence-corrected chi connectivity index (χ0v) is 11.0. The summed E-state index contributed by atoms with van der Waals surface area (Å²) in [4.78, 5) is 15.4. The molecular formula is C15H18N2O2. The molecule has 2 unspecified atom stereocenters. The fraction of sp³-hybridized carbons (Fsp3) is 0.400. The maximum absolute atomic E-state index is 12.2. The highest BCUT2D eigenvalue weighted by Crippen LogP contribution is 2.34. The molecule has 4 heteroatoms. The summed E-state index contributed by atoms with van der Waals surface area (Å²) in [6.45, 7) is 1.85. The summed E-state index contributed by atoms with van der Waals surface area (Å²) in [5.41, 5.74) is 2.12. The maximum Gasteiger partial charge on any atom is 0.313 e. The van der Waals surface area contributed by atoms with Gasteiger partial charge in [-0.05, 0) is 37.1 Å². The summed E-state index contributed by atoms with van der Waals surface area (Å²) in [5.74, 6) is -0.0127. The molecule has 3 rings (SSSR count). The highest BCUT2D eigenvalue weighted by atomic mass is 16.5. The van der Waals surface area contributed by atoms with E-state index in [0.29, 0.717) is 5.92 Å².